The number of halogens is 2. The molecular formula is C17H11F2NO. The molecule has 0 aliphatic rings. The lowest BCUT2D eigenvalue weighted by molar-refractivity contribution is 0.103. The molecule has 0 aromatic heterocycles. The van der Waals surface area contributed by atoms with Crippen molar-refractivity contribution in [1.29, 1.82) is 0 Å². The van der Waals surface area contributed by atoms with Crippen molar-refractivity contribution in [3.05, 3.63) is 77.4 Å². The zero-order valence-electron chi connectivity index (χ0n) is 10.9. The molecule has 0 unspecified atom stereocenters. The Kier molecular flexibility index (Phi) is 3.14. The Hall–Kier alpha value is -2.75. The number of nitrogen functional groups attached to an aromatic ring is 1. The maximum Gasteiger partial charge on any atom is 0.195 e. The highest BCUT2D eigenvalue weighted by Gasteiger charge is 2.15. The Balaban J connectivity index is 2.14. The van der Waals surface area contributed by atoms with Crippen LogP contribution in [-0.2, 0) is 0 Å². The number of nitrogens with two attached hydrogens (primary N) is 1. The average Bonchev–Trinajstić information content (AvgIpc) is 2.44. The molecule has 0 radical (unpaired) electrons. The van der Waals surface area contributed by atoms with Crippen LogP contribution in [0.2, 0.25) is 0 Å². The van der Waals surface area contributed by atoms with Crippen LogP contribution in [-0.4, -0.2) is 5.78 Å². The monoisotopic (exact) mass is 283 g/mol. The van der Waals surface area contributed by atoms with Crippen LogP contribution in [0.15, 0.2) is 54.6 Å². The number of ketones is 1. The fourth-order valence-corrected chi connectivity index (χ4v) is 2.29. The van der Waals surface area contributed by atoms with Crippen LogP contribution in [0.3, 0.4) is 0 Å². The summed E-state index contributed by atoms with van der Waals surface area (Å²) in [4.78, 5) is 12.4. The number of carbonyl (C=O) groups is 1. The molecule has 4 heteroatoms. The molecule has 2 N–H and O–H groups in total. The van der Waals surface area contributed by atoms with Crippen molar-refractivity contribution >= 4 is 22.2 Å². The Morgan fingerprint density at radius 2 is 1.43 bits per heavy atom. The maximum atomic E-state index is 13.2. The number of benzene rings is 3. The highest BCUT2D eigenvalue weighted by molar-refractivity contribution is 6.14. The molecule has 0 amide bonds. The molecule has 21 heavy (non-hydrogen) atoms. The fourth-order valence-electron chi connectivity index (χ4n) is 2.29. The van der Waals surface area contributed by atoms with Gasteiger partial charge in [-0.1, -0.05) is 24.3 Å². The van der Waals surface area contributed by atoms with E-state index in [2.05, 4.69) is 0 Å². The fraction of sp³-hybridized carbons (Fsp3) is 0. The standard InChI is InChI=1S/C17H11F2NO/c18-13-5-12(6-14(19)9-13)17(21)15-7-10-3-1-2-4-11(10)8-16(15)20/h1-9H,20H2. The summed E-state index contributed by atoms with van der Waals surface area (Å²) in [7, 11) is 0. The maximum absolute atomic E-state index is 13.2. The number of hydrogen-bond donors (Lipinski definition) is 1. The molecule has 0 spiro atoms. The lowest BCUT2D eigenvalue weighted by Gasteiger charge is -2.08. The third-order valence-electron chi connectivity index (χ3n) is 3.29. The van der Waals surface area contributed by atoms with E-state index < -0.39 is 17.4 Å². The Labute approximate surface area is 119 Å². The molecule has 0 saturated heterocycles. The lowest BCUT2D eigenvalue weighted by Crippen LogP contribution is -2.06. The summed E-state index contributed by atoms with van der Waals surface area (Å²) in [5.41, 5.74) is 6.35. The van der Waals surface area contributed by atoms with Crippen molar-refractivity contribution in [3.63, 3.8) is 0 Å². The van der Waals surface area contributed by atoms with Crippen LogP contribution in [0.4, 0.5) is 14.5 Å². The smallest absolute Gasteiger partial charge is 0.195 e. The van der Waals surface area contributed by atoms with E-state index in [4.69, 9.17) is 5.73 Å². The molecule has 0 aliphatic carbocycles. The zero-order chi connectivity index (χ0) is 15.0. The SMILES string of the molecule is Nc1cc2ccccc2cc1C(=O)c1cc(F)cc(F)c1. The van der Waals surface area contributed by atoms with Gasteiger partial charge in [-0.2, -0.15) is 0 Å². The molecule has 0 bridgehead atoms. The van der Waals surface area contributed by atoms with Gasteiger partial charge >= 0.3 is 0 Å². The first-order valence-corrected chi connectivity index (χ1v) is 6.33. The minimum absolute atomic E-state index is 0.0607. The predicted molar refractivity (Wildman–Crippen MR) is 78.2 cm³/mol. The van der Waals surface area contributed by atoms with Crippen LogP contribution >= 0.6 is 0 Å². The molecule has 104 valence electrons. The highest BCUT2D eigenvalue weighted by Crippen LogP contribution is 2.24. The van der Waals surface area contributed by atoms with Gasteiger partial charge in [-0.15, -0.1) is 0 Å². The lowest BCUT2D eigenvalue weighted by atomic mass is 9.98. The van der Waals surface area contributed by atoms with Crippen molar-refractivity contribution in [2.75, 3.05) is 5.73 Å². The number of rotatable bonds is 2. The van der Waals surface area contributed by atoms with Crippen molar-refractivity contribution in [1.82, 2.24) is 0 Å². The van der Waals surface area contributed by atoms with E-state index in [-0.39, 0.29) is 16.8 Å². The molecule has 3 aromatic rings. The van der Waals surface area contributed by atoms with Gasteiger partial charge in [0, 0.05) is 22.9 Å². The van der Waals surface area contributed by atoms with Crippen LogP contribution in [0, 0.1) is 11.6 Å². The van der Waals surface area contributed by atoms with Gasteiger partial charge in [0.05, 0.1) is 0 Å². The Bertz CT molecular complexity index is 838. The second-order valence-electron chi connectivity index (χ2n) is 4.77. The van der Waals surface area contributed by atoms with Gasteiger partial charge in [0.15, 0.2) is 5.78 Å². The normalized spacial score (nSPS) is 10.8. The topological polar surface area (TPSA) is 43.1 Å². The molecule has 0 atom stereocenters. The molecule has 3 aromatic carbocycles. The third-order valence-corrected chi connectivity index (χ3v) is 3.29. The zero-order valence-corrected chi connectivity index (χ0v) is 10.9. The van der Waals surface area contributed by atoms with Gasteiger partial charge in [0.2, 0.25) is 0 Å². The first-order chi connectivity index (χ1) is 10.0. The summed E-state index contributed by atoms with van der Waals surface area (Å²) in [5.74, 6) is -2.09. The second kappa shape index (κ2) is 4.98. The van der Waals surface area contributed by atoms with Gasteiger partial charge < -0.3 is 5.73 Å². The van der Waals surface area contributed by atoms with Crippen molar-refractivity contribution in [2.24, 2.45) is 0 Å². The van der Waals surface area contributed by atoms with Crippen molar-refractivity contribution in [3.8, 4) is 0 Å². The molecule has 0 aliphatic heterocycles. The van der Waals surface area contributed by atoms with Gasteiger partial charge in [-0.3, -0.25) is 4.79 Å². The summed E-state index contributed by atoms with van der Waals surface area (Å²) in [6.45, 7) is 0. The van der Waals surface area contributed by atoms with Gasteiger partial charge in [0.1, 0.15) is 11.6 Å². The predicted octanol–water partition coefficient (Wildman–Crippen LogP) is 3.93. The molecule has 0 fully saturated rings. The van der Waals surface area contributed by atoms with E-state index in [0.717, 1.165) is 29.0 Å². The van der Waals surface area contributed by atoms with E-state index in [9.17, 15) is 13.6 Å². The van der Waals surface area contributed by atoms with Crippen LogP contribution < -0.4 is 5.73 Å². The number of carbonyl (C=O) groups excluding carboxylic acids is 1. The minimum atomic E-state index is -0.794. The van der Waals surface area contributed by atoms with Gasteiger partial charge in [-0.25, -0.2) is 8.78 Å². The quantitative estimate of drug-likeness (QED) is 0.572. The Morgan fingerprint density at radius 1 is 0.857 bits per heavy atom. The van der Waals surface area contributed by atoms with Crippen LogP contribution in [0.25, 0.3) is 10.8 Å². The number of hydrogen-bond acceptors (Lipinski definition) is 2. The van der Waals surface area contributed by atoms with E-state index in [0.29, 0.717) is 0 Å². The summed E-state index contributed by atoms with van der Waals surface area (Å²) in [6, 6.07) is 13.5. The molecule has 2 nitrogen and oxygen atoms in total. The number of anilines is 1. The first-order valence-electron chi connectivity index (χ1n) is 6.33. The molecular weight excluding hydrogens is 272 g/mol. The van der Waals surface area contributed by atoms with E-state index in [1.165, 1.54) is 0 Å². The van der Waals surface area contributed by atoms with Crippen molar-refractivity contribution < 1.29 is 13.6 Å². The van der Waals surface area contributed by atoms with E-state index in [1.807, 2.05) is 24.3 Å². The summed E-state index contributed by atoms with van der Waals surface area (Å²) >= 11 is 0. The number of fused-ring (bicyclic) bond motifs is 1. The highest BCUT2D eigenvalue weighted by atomic mass is 19.1. The summed E-state index contributed by atoms with van der Waals surface area (Å²) < 4.78 is 26.5. The minimum Gasteiger partial charge on any atom is -0.398 e. The van der Waals surface area contributed by atoms with E-state index >= 15 is 0 Å². The second-order valence-corrected chi connectivity index (χ2v) is 4.77. The molecule has 0 heterocycles. The first kappa shape index (κ1) is 13.2. The van der Waals surface area contributed by atoms with Crippen molar-refractivity contribution in [2.45, 2.75) is 0 Å². The summed E-state index contributed by atoms with van der Waals surface area (Å²) in [5, 5.41) is 1.74. The van der Waals surface area contributed by atoms with Gasteiger partial charge in [0.25, 0.3) is 0 Å². The van der Waals surface area contributed by atoms with Crippen LogP contribution in [0.1, 0.15) is 15.9 Å². The molecule has 3 rings (SSSR count). The van der Waals surface area contributed by atoms with Crippen LogP contribution in [0.5, 0.6) is 0 Å². The summed E-state index contributed by atoms with van der Waals surface area (Å²) in [6.07, 6.45) is 0. The largest absolute Gasteiger partial charge is 0.398 e. The average molecular weight is 283 g/mol. The van der Waals surface area contributed by atoms with E-state index in [1.54, 1.807) is 12.1 Å². The van der Waals surface area contributed by atoms with Gasteiger partial charge in [-0.05, 0) is 35.0 Å². The molecule has 0 saturated carbocycles. The third kappa shape index (κ3) is 2.48. The Morgan fingerprint density at radius 3 is 2.05 bits per heavy atom.